The lowest BCUT2D eigenvalue weighted by Crippen LogP contribution is -2.03. The van der Waals surface area contributed by atoms with Crippen LogP contribution >= 0.6 is 0 Å². The summed E-state index contributed by atoms with van der Waals surface area (Å²) in [4.78, 5) is 8.81. The first-order valence-electron chi connectivity index (χ1n) is 8.43. The van der Waals surface area contributed by atoms with Crippen molar-refractivity contribution >= 4 is 23.1 Å². The normalized spacial score (nSPS) is 10.3. The van der Waals surface area contributed by atoms with E-state index in [1.165, 1.54) is 0 Å². The molecule has 0 aliphatic rings. The lowest BCUT2D eigenvalue weighted by molar-refractivity contribution is 0.342. The number of benzene rings is 2. The third-order valence-corrected chi connectivity index (χ3v) is 3.71. The van der Waals surface area contributed by atoms with Gasteiger partial charge in [0.25, 0.3) is 0 Å². The standard InChI is InChI=1S/C20H22N4O2/c1-4-26-18-8-6-5-7-15(18)23-20-21-12-11-19(24-20)22-16-13-14(2)9-10-17(16)25-3/h5-13H,4H2,1-3H3,(H2,21,22,23,24). The summed E-state index contributed by atoms with van der Waals surface area (Å²) in [6.07, 6.45) is 1.70. The highest BCUT2D eigenvalue weighted by atomic mass is 16.5. The van der Waals surface area contributed by atoms with E-state index in [1.54, 1.807) is 19.4 Å². The number of hydrogen-bond acceptors (Lipinski definition) is 6. The molecule has 0 amide bonds. The Kier molecular flexibility index (Phi) is 5.53. The van der Waals surface area contributed by atoms with Crippen LogP contribution in [-0.2, 0) is 0 Å². The van der Waals surface area contributed by atoms with E-state index in [0.717, 1.165) is 28.4 Å². The molecule has 6 heteroatoms. The van der Waals surface area contributed by atoms with Crippen molar-refractivity contribution in [3.8, 4) is 11.5 Å². The van der Waals surface area contributed by atoms with Gasteiger partial charge in [-0.15, -0.1) is 0 Å². The van der Waals surface area contributed by atoms with E-state index in [2.05, 4.69) is 20.6 Å². The molecule has 0 atom stereocenters. The molecule has 0 radical (unpaired) electrons. The Hall–Kier alpha value is -3.28. The Morgan fingerprint density at radius 2 is 1.81 bits per heavy atom. The molecule has 0 aliphatic heterocycles. The summed E-state index contributed by atoms with van der Waals surface area (Å²) in [5.74, 6) is 2.66. The minimum atomic E-state index is 0.480. The molecule has 1 heterocycles. The molecule has 1 aromatic heterocycles. The fraction of sp³-hybridized carbons (Fsp3) is 0.200. The van der Waals surface area contributed by atoms with E-state index >= 15 is 0 Å². The van der Waals surface area contributed by atoms with Crippen LogP contribution in [0.3, 0.4) is 0 Å². The first-order chi connectivity index (χ1) is 12.7. The zero-order valence-electron chi connectivity index (χ0n) is 15.1. The number of nitrogens with zero attached hydrogens (tertiary/aromatic N) is 2. The number of nitrogens with one attached hydrogen (secondary N) is 2. The average molecular weight is 350 g/mol. The Labute approximate surface area is 153 Å². The molecule has 134 valence electrons. The average Bonchev–Trinajstić information content (AvgIpc) is 2.64. The van der Waals surface area contributed by atoms with Crippen LogP contribution in [0.1, 0.15) is 12.5 Å². The summed E-state index contributed by atoms with van der Waals surface area (Å²) in [6.45, 7) is 4.57. The Morgan fingerprint density at radius 1 is 0.962 bits per heavy atom. The molecule has 3 rings (SSSR count). The molecule has 0 spiro atoms. The molecule has 6 nitrogen and oxygen atoms in total. The van der Waals surface area contributed by atoms with Crippen molar-refractivity contribution in [1.29, 1.82) is 0 Å². The topological polar surface area (TPSA) is 68.3 Å². The van der Waals surface area contributed by atoms with E-state index in [-0.39, 0.29) is 0 Å². The highest BCUT2D eigenvalue weighted by Crippen LogP contribution is 2.29. The van der Waals surface area contributed by atoms with Gasteiger partial charge in [-0.25, -0.2) is 4.98 Å². The Balaban J connectivity index is 1.82. The zero-order chi connectivity index (χ0) is 18.4. The summed E-state index contributed by atoms with van der Waals surface area (Å²) in [5.41, 5.74) is 2.80. The molecule has 3 aromatic rings. The molecular formula is C20H22N4O2. The number of rotatable bonds is 7. The lowest BCUT2D eigenvalue weighted by atomic mass is 10.2. The van der Waals surface area contributed by atoms with Crippen LogP contribution in [0.2, 0.25) is 0 Å². The predicted octanol–water partition coefficient (Wildman–Crippen LogP) is 4.68. The minimum absolute atomic E-state index is 0.480. The third-order valence-electron chi connectivity index (χ3n) is 3.71. The first kappa shape index (κ1) is 17.5. The summed E-state index contributed by atoms with van der Waals surface area (Å²) in [7, 11) is 1.65. The van der Waals surface area contributed by atoms with Crippen LogP contribution in [0.25, 0.3) is 0 Å². The SMILES string of the molecule is CCOc1ccccc1Nc1nccc(Nc2cc(C)ccc2OC)n1. The largest absolute Gasteiger partial charge is 0.495 e. The molecule has 0 bridgehead atoms. The highest BCUT2D eigenvalue weighted by molar-refractivity contribution is 5.67. The summed E-state index contributed by atoms with van der Waals surface area (Å²) >= 11 is 0. The summed E-state index contributed by atoms with van der Waals surface area (Å²) in [6, 6.07) is 15.4. The number of ether oxygens (including phenoxy) is 2. The third kappa shape index (κ3) is 4.22. The Bertz CT molecular complexity index is 883. The van der Waals surface area contributed by atoms with Crippen molar-refractivity contribution in [2.24, 2.45) is 0 Å². The van der Waals surface area contributed by atoms with Gasteiger partial charge in [-0.2, -0.15) is 4.98 Å². The van der Waals surface area contributed by atoms with Crippen LogP contribution < -0.4 is 20.1 Å². The fourth-order valence-electron chi connectivity index (χ4n) is 2.52. The molecule has 0 saturated carbocycles. The van der Waals surface area contributed by atoms with E-state index in [0.29, 0.717) is 18.4 Å². The Morgan fingerprint density at radius 3 is 2.62 bits per heavy atom. The summed E-state index contributed by atoms with van der Waals surface area (Å²) in [5, 5.41) is 6.49. The van der Waals surface area contributed by atoms with Gasteiger partial charge in [-0.1, -0.05) is 18.2 Å². The second kappa shape index (κ2) is 8.20. The maximum atomic E-state index is 5.63. The van der Waals surface area contributed by atoms with Gasteiger partial charge in [0.05, 0.1) is 25.1 Å². The summed E-state index contributed by atoms with van der Waals surface area (Å²) < 4.78 is 11.0. The van der Waals surface area contributed by atoms with Gasteiger partial charge >= 0.3 is 0 Å². The second-order valence-electron chi connectivity index (χ2n) is 5.65. The molecule has 2 N–H and O–H groups in total. The van der Waals surface area contributed by atoms with Crippen molar-refractivity contribution in [1.82, 2.24) is 9.97 Å². The van der Waals surface area contributed by atoms with Crippen molar-refractivity contribution < 1.29 is 9.47 Å². The maximum Gasteiger partial charge on any atom is 0.229 e. The van der Waals surface area contributed by atoms with E-state index < -0.39 is 0 Å². The van der Waals surface area contributed by atoms with Crippen LogP contribution in [0, 0.1) is 6.92 Å². The van der Waals surface area contributed by atoms with Crippen molar-refractivity contribution in [2.75, 3.05) is 24.4 Å². The van der Waals surface area contributed by atoms with Gasteiger partial charge in [0.2, 0.25) is 5.95 Å². The van der Waals surface area contributed by atoms with Crippen LogP contribution in [0.5, 0.6) is 11.5 Å². The molecule has 0 saturated heterocycles. The first-order valence-corrected chi connectivity index (χ1v) is 8.43. The van der Waals surface area contributed by atoms with E-state index in [1.807, 2.05) is 56.3 Å². The molecular weight excluding hydrogens is 328 g/mol. The number of aromatic nitrogens is 2. The lowest BCUT2D eigenvalue weighted by Gasteiger charge is -2.13. The number of methoxy groups -OCH3 is 1. The zero-order valence-corrected chi connectivity index (χ0v) is 15.1. The van der Waals surface area contributed by atoms with E-state index in [4.69, 9.17) is 9.47 Å². The van der Waals surface area contributed by atoms with Gasteiger partial charge < -0.3 is 20.1 Å². The van der Waals surface area contributed by atoms with Crippen LogP contribution in [0.15, 0.2) is 54.7 Å². The minimum Gasteiger partial charge on any atom is -0.495 e. The van der Waals surface area contributed by atoms with Crippen LogP contribution in [-0.4, -0.2) is 23.7 Å². The monoisotopic (exact) mass is 350 g/mol. The molecule has 0 aliphatic carbocycles. The van der Waals surface area contributed by atoms with Gasteiger partial charge in [-0.3, -0.25) is 0 Å². The van der Waals surface area contributed by atoms with Gasteiger partial charge in [0.15, 0.2) is 0 Å². The van der Waals surface area contributed by atoms with Crippen LogP contribution in [0.4, 0.5) is 23.1 Å². The number of para-hydroxylation sites is 2. The fourth-order valence-corrected chi connectivity index (χ4v) is 2.52. The predicted molar refractivity (Wildman–Crippen MR) is 104 cm³/mol. The highest BCUT2D eigenvalue weighted by Gasteiger charge is 2.08. The van der Waals surface area contributed by atoms with Gasteiger partial charge in [0, 0.05) is 6.20 Å². The van der Waals surface area contributed by atoms with Gasteiger partial charge in [-0.05, 0) is 49.7 Å². The maximum absolute atomic E-state index is 5.63. The van der Waals surface area contributed by atoms with Gasteiger partial charge in [0.1, 0.15) is 17.3 Å². The van der Waals surface area contributed by atoms with Crippen molar-refractivity contribution in [3.05, 3.63) is 60.3 Å². The number of aryl methyl sites for hydroxylation is 1. The smallest absolute Gasteiger partial charge is 0.229 e. The molecule has 0 fully saturated rings. The van der Waals surface area contributed by atoms with E-state index in [9.17, 15) is 0 Å². The molecule has 26 heavy (non-hydrogen) atoms. The molecule has 2 aromatic carbocycles. The molecule has 0 unspecified atom stereocenters. The number of hydrogen-bond donors (Lipinski definition) is 2. The second-order valence-corrected chi connectivity index (χ2v) is 5.65. The number of anilines is 4. The van der Waals surface area contributed by atoms with Crippen molar-refractivity contribution in [2.45, 2.75) is 13.8 Å². The quantitative estimate of drug-likeness (QED) is 0.645. The van der Waals surface area contributed by atoms with Crippen molar-refractivity contribution in [3.63, 3.8) is 0 Å².